The molecule has 0 spiro atoms. The van der Waals surface area contributed by atoms with Gasteiger partial charge >= 0.3 is 5.97 Å². The van der Waals surface area contributed by atoms with Gasteiger partial charge in [-0.05, 0) is 24.7 Å². The summed E-state index contributed by atoms with van der Waals surface area (Å²) in [6.07, 6.45) is 3.05. The smallest absolute Gasteiger partial charge is 0.335 e. The predicted molar refractivity (Wildman–Crippen MR) is 54.0 cm³/mol. The van der Waals surface area contributed by atoms with Crippen LogP contribution in [0.4, 0.5) is 0 Å². The van der Waals surface area contributed by atoms with E-state index in [0.717, 1.165) is 19.3 Å². The zero-order valence-electron chi connectivity index (χ0n) is 9.21. The number of hydrogen-bond donors (Lipinski definition) is 2. The second kappa shape index (κ2) is 3.54. The molecule has 1 rings (SSSR count). The molecule has 0 saturated heterocycles. The van der Waals surface area contributed by atoms with Crippen LogP contribution in [-0.2, 0) is 4.79 Å². The molecule has 0 amide bonds. The molecule has 0 heterocycles. The summed E-state index contributed by atoms with van der Waals surface area (Å²) in [7, 11) is 0. The highest BCUT2D eigenvalue weighted by molar-refractivity contribution is 5.77. The van der Waals surface area contributed by atoms with Crippen LogP contribution in [0.1, 0.15) is 46.5 Å². The van der Waals surface area contributed by atoms with Crippen LogP contribution < -0.4 is 0 Å². The number of rotatable bonds is 1. The summed E-state index contributed by atoms with van der Waals surface area (Å²) in [6.45, 7) is 5.99. The van der Waals surface area contributed by atoms with E-state index in [0.29, 0.717) is 6.42 Å². The van der Waals surface area contributed by atoms with Crippen molar-refractivity contribution in [1.82, 2.24) is 0 Å². The van der Waals surface area contributed by atoms with E-state index in [2.05, 4.69) is 0 Å². The van der Waals surface area contributed by atoms with Gasteiger partial charge in [0.15, 0.2) is 5.60 Å². The SMILES string of the molecule is CC(C)(C)C1CCCCC1(O)C(=O)O. The van der Waals surface area contributed by atoms with Crippen LogP contribution in [0.5, 0.6) is 0 Å². The van der Waals surface area contributed by atoms with Crippen LogP contribution in [0.2, 0.25) is 0 Å². The molecular formula is C11H20O3. The Balaban J connectivity index is 2.95. The molecular weight excluding hydrogens is 180 g/mol. The minimum atomic E-state index is -1.50. The van der Waals surface area contributed by atoms with E-state index in [-0.39, 0.29) is 11.3 Å². The van der Waals surface area contributed by atoms with Crippen molar-refractivity contribution >= 4 is 5.97 Å². The highest BCUT2D eigenvalue weighted by atomic mass is 16.4. The molecule has 3 heteroatoms. The Morgan fingerprint density at radius 1 is 1.36 bits per heavy atom. The van der Waals surface area contributed by atoms with Crippen LogP contribution in [0.15, 0.2) is 0 Å². The lowest BCUT2D eigenvalue weighted by Gasteiger charge is -2.44. The van der Waals surface area contributed by atoms with Gasteiger partial charge in [-0.3, -0.25) is 0 Å². The van der Waals surface area contributed by atoms with Gasteiger partial charge in [0.25, 0.3) is 0 Å². The van der Waals surface area contributed by atoms with Crippen LogP contribution >= 0.6 is 0 Å². The molecule has 14 heavy (non-hydrogen) atoms. The summed E-state index contributed by atoms with van der Waals surface area (Å²) in [5.74, 6) is -1.20. The normalized spacial score (nSPS) is 34.1. The first-order valence-corrected chi connectivity index (χ1v) is 5.24. The molecule has 1 saturated carbocycles. The van der Waals surface area contributed by atoms with Crippen molar-refractivity contribution in [2.45, 2.75) is 52.1 Å². The minimum Gasteiger partial charge on any atom is -0.479 e. The van der Waals surface area contributed by atoms with E-state index in [1.165, 1.54) is 0 Å². The molecule has 0 aromatic carbocycles. The van der Waals surface area contributed by atoms with Crippen LogP contribution in [-0.4, -0.2) is 21.8 Å². The quantitative estimate of drug-likeness (QED) is 0.681. The summed E-state index contributed by atoms with van der Waals surface area (Å²) < 4.78 is 0. The van der Waals surface area contributed by atoms with Gasteiger partial charge < -0.3 is 10.2 Å². The fraction of sp³-hybridized carbons (Fsp3) is 0.909. The number of aliphatic carboxylic acids is 1. The standard InChI is InChI=1S/C11H20O3/c1-10(2,3)8-6-4-5-7-11(8,14)9(12)13/h8,14H,4-7H2,1-3H3,(H,12,13). The molecule has 3 nitrogen and oxygen atoms in total. The van der Waals surface area contributed by atoms with Crippen molar-refractivity contribution in [2.75, 3.05) is 0 Å². The minimum absolute atomic E-state index is 0.138. The third-order valence-corrected chi connectivity index (χ3v) is 3.29. The van der Waals surface area contributed by atoms with E-state index in [1.807, 2.05) is 20.8 Å². The highest BCUT2D eigenvalue weighted by Crippen LogP contribution is 2.44. The van der Waals surface area contributed by atoms with Crippen LogP contribution in [0.3, 0.4) is 0 Å². The summed E-state index contributed by atoms with van der Waals surface area (Å²) in [5.41, 5.74) is -1.65. The first-order chi connectivity index (χ1) is 6.28. The van der Waals surface area contributed by atoms with Gasteiger partial charge in [-0.15, -0.1) is 0 Å². The lowest BCUT2D eigenvalue weighted by molar-refractivity contribution is -0.176. The van der Waals surface area contributed by atoms with E-state index in [1.54, 1.807) is 0 Å². The molecule has 2 unspecified atom stereocenters. The van der Waals surface area contributed by atoms with Gasteiger partial charge in [-0.1, -0.05) is 27.2 Å². The maximum absolute atomic E-state index is 11.1. The maximum atomic E-state index is 11.1. The molecule has 2 N–H and O–H groups in total. The summed E-state index contributed by atoms with van der Waals surface area (Å²) in [5, 5.41) is 19.2. The summed E-state index contributed by atoms with van der Waals surface area (Å²) in [6, 6.07) is 0. The first-order valence-electron chi connectivity index (χ1n) is 5.24. The van der Waals surface area contributed by atoms with Gasteiger partial charge in [0.1, 0.15) is 0 Å². The summed E-state index contributed by atoms with van der Waals surface area (Å²) in [4.78, 5) is 11.1. The van der Waals surface area contributed by atoms with Crippen LogP contribution in [0, 0.1) is 11.3 Å². The maximum Gasteiger partial charge on any atom is 0.335 e. The molecule has 2 atom stereocenters. The van der Waals surface area contributed by atoms with E-state index >= 15 is 0 Å². The van der Waals surface area contributed by atoms with Crippen molar-refractivity contribution in [3.8, 4) is 0 Å². The van der Waals surface area contributed by atoms with Gasteiger partial charge in [-0.25, -0.2) is 4.79 Å². The Hall–Kier alpha value is -0.570. The molecule has 82 valence electrons. The van der Waals surface area contributed by atoms with Gasteiger partial charge in [-0.2, -0.15) is 0 Å². The predicted octanol–water partition coefficient (Wildman–Crippen LogP) is 2.04. The second-order valence-corrected chi connectivity index (χ2v) is 5.39. The van der Waals surface area contributed by atoms with Crippen molar-refractivity contribution in [2.24, 2.45) is 11.3 Å². The second-order valence-electron chi connectivity index (χ2n) is 5.39. The first kappa shape index (κ1) is 11.5. The lowest BCUT2D eigenvalue weighted by Crippen LogP contribution is -2.52. The molecule has 1 fully saturated rings. The highest BCUT2D eigenvalue weighted by Gasteiger charge is 2.50. The zero-order chi connectivity index (χ0) is 11.0. The van der Waals surface area contributed by atoms with Crippen molar-refractivity contribution in [3.63, 3.8) is 0 Å². The number of carboxylic acids is 1. The Bertz CT molecular complexity index is 229. The van der Waals surface area contributed by atoms with Gasteiger partial charge in [0.2, 0.25) is 0 Å². The largest absolute Gasteiger partial charge is 0.479 e. The number of carboxylic acid groups (broad SMARTS) is 1. The lowest BCUT2D eigenvalue weighted by atomic mass is 9.64. The third-order valence-electron chi connectivity index (χ3n) is 3.29. The van der Waals surface area contributed by atoms with E-state index < -0.39 is 11.6 Å². The Morgan fingerprint density at radius 3 is 2.29 bits per heavy atom. The van der Waals surface area contributed by atoms with E-state index in [9.17, 15) is 9.90 Å². The molecule has 1 aliphatic carbocycles. The van der Waals surface area contributed by atoms with E-state index in [4.69, 9.17) is 5.11 Å². The zero-order valence-corrected chi connectivity index (χ0v) is 9.21. The number of carbonyl (C=O) groups is 1. The van der Waals surface area contributed by atoms with Crippen molar-refractivity contribution in [1.29, 1.82) is 0 Å². The van der Waals surface area contributed by atoms with Crippen molar-refractivity contribution < 1.29 is 15.0 Å². The average Bonchev–Trinajstić information content (AvgIpc) is 2.02. The number of hydrogen-bond acceptors (Lipinski definition) is 2. The van der Waals surface area contributed by atoms with Crippen molar-refractivity contribution in [3.05, 3.63) is 0 Å². The Kier molecular flexibility index (Phi) is 2.91. The summed E-state index contributed by atoms with van der Waals surface area (Å²) >= 11 is 0. The molecule has 0 aromatic rings. The fourth-order valence-corrected chi connectivity index (χ4v) is 2.56. The molecule has 0 aromatic heterocycles. The third kappa shape index (κ3) is 1.92. The number of aliphatic hydroxyl groups is 1. The molecule has 1 aliphatic rings. The van der Waals surface area contributed by atoms with Gasteiger partial charge in [0.05, 0.1) is 0 Å². The van der Waals surface area contributed by atoms with Crippen LogP contribution in [0.25, 0.3) is 0 Å². The fourth-order valence-electron chi connectivity index (χ4n) is 2.56. The Labute approximate surface area is 85.1 Å². The molecule has 0 radical (unpaired) electrons. The average molecular weight is 200 g/mol. The monoisotopic (exact) mass is 200 g/mol. The van der Waals surface area contributed by atoms with Gasteiger partial charge in [0, 0.05) is 5.92 Å². The topological polar surface area (TPSA) is 57.5 Å². The molecule has 0 bridgehead atoms. The Morgan fingerprint density at radius 2 is 1.93 bits per heavy atom. The molecule has 0 aliphatic heterocycles.